The van der Waals surface area contributed by atoms with Gasteiger partial charge in [-0.15, -0.1) is 0 Å². The first-order valence-corrected chi connectivity index (χ1v) is 7.06. The fourth-order valence-corrected chi connectivity index (χ4v) is 2.73. The monoisotopic (exact) mass is 241 g/mol. The lowest BCUT2D eigenvalue weighted by molar-refractivity contribution is -0.153. The van der Waals surface area contributed by atoms with Gasteiger partial charge in [0.25, 0.3) is 0 Å². The van der Waals surface area contributed by atoms with E-state index in [0.29, 0.717) is 6.04 Å². The zero-order valence-corrected chi connectivity index (χ0v) is 11.7. The molecule has 1 heterocycles. The fourth-order valence-electron chi connectivity index (χ4n) is 2.73. The van der Waals surface area contributed by atoms with Crippen molar-refractivity contribution in [3.63, 3.8) is 0 Å². The summed E-state index contributed by atoms with van der Waals surface area (Å²) in [6.45, 7) is 9.31. The van der Waals surface area contributed by atoms with Gasteiger partial charge in [-0.05, 0) is 46.1 Å². The van der Waals surface area contributed by atoms with E-state index >= 15 is 0 Å². The van der Waals surface area contributed by atoms with Crippen LogP contribution in [-0.2, 0) is 9.53 Å². The van der Waals surface area contributed by atoms with Gasteiger partial charge >= 0.3 is 5.97 Å². The SMILES string of the molecule is CCCC(CC)N1CCC[C@H]1C(=O)OC(C)C. The number of rotatable bonds is 6. The Bertz CT molecular complexity index is 240. The van der Waals surface area contributed by atoms with Gasteiger partial charge in [-0.25, -0.2) is 0 Å². The molecular formula is C14H27NO2. The molecule has 0 N–H and O–H groups in total. The Kier molecular flexibility index (Phi) is 5.96. The number of likely N-dealkylation sites (tertiary alicyclic amines) is 1. The van der Waals surface area contributed by atoms with Crippen LogP contribution in [0.15, 0.2) is 0 Å². The molecule has 0 bridgehead atoms. The van der Waals surface area contributed by atoms with Crippen LogP contribution < -0.4 is 0 Å². The van der Waals surface area contributed by atoms with Crippen molar-refractivity contribution in [1.29, 1.82) is 0 Å². The van der Waals surface area contributed by atoms with E-state index in [0.717, 1.165) is 25.8 Å². The first-order valence-electron chi connectivity index (χ1n) is 7.06. The van der Waals surface area contributed by atoms with E-state index in [-0.39, 0.29) is 18.1 Å². The van der Waals surface area contributed by atoms with Crippen LogP contribution in [0.1, 0.15) is 59.8 Å². The van der Waals surface area contributed by atoms with Gasteiger partial charge in [0.05, 0.1) is 6.10 Å². The number of esters is 1. The van der Waals surface area contributed by atoms with Crippen molar-refractivity contribution < 1.29 is 9.53 Å². The summed E-state index contributed by atoms with van der Waals surface area (Å²) in [5, 5.41) is 0. The first kappa shape index (κ1) is 14.5. The zero-order valence-electron chi connectivity index (χ0n) is 11.7. The second kappa shape index (κ2) is 7.00. The molecule has 0 aromatic heterocycles. The molecule has 1 fully saturated rings. The second-order valence-electron chi connectivity index (χ2n) is 5.23. The Labute approximate surface area is 106 Å². The molecule has 0 radical (unpaired) electrons. The predicted molar refractivity (Wildman–Crippen MR) is 69.9 cm³/mol. The topological polar surface area (TPSA) is 29.5 Å². The highest BCUT2D eigenvalue weighted by Gasteiger charge is 2.35. The lowest BCUT2D eigenvalue weighted by atomic mass is 10.1. The number of hydrogen-bond acceptors (Lipinski definition) is 3. The molecule has 0 amide bonds. The molecule has 0 saturated carbocycles. The third-order valence-corrected chi connectivity index (χ3v) is 3.48. The van der Waals surface area contributed by atoms with E-state index in [1.165, 1.54) is 12.8 Å². The summed E-state index contributed by atoms with van der Waals surface area (Å²) in [4.78, 5) is 14.4. The van der Waals surface area contributed by atoms with E-state index < -0.39 is 0 Å². The smallest absolute Gasteiger partial charge is 0.323 e. The lowest BCUT2D eigenvalue weighted by Gasteiger charge is -2.31. The Morgan fingerprint density at radius 3 is 2.65 bits per heavy atom. The average molecular weight is 241 g/mol. The van der Waals surface area contributed by atoms with E-state index in [1.807, 2.05) is 13.8 Å². The summed E-state index contributed by atoms with van der Waals surface area (Å²) in [7, 11) is 0. The van der Waals surface area contributed by atoms with Gasteiger partial charge in [0.2, 0.25) is 0 Å². The molecule has 0 aliphatic carbocycles. The molecule has 1 rings (SSSR count). The number of hydrogen-bond donors (Lipinski definition) is 0. The second-order valence-corrected chi connectivity index (χ2v) is 5.23. The van der Waals surface area contributed by atoms with Gasteiger partial charge in [0.1, 0.15) is 6.04 Å². The van der Waals surface area contributed by atoms with Gasteiger partial charge in [-0.1, -0.05) is 20.3 Å². The molecule has 1 unspecified atom stereocenters. The summed E-state index contributed by atoms with van der Waals surface area (Å²) in [5.41, 5.74) is 0. The maximum Gasteiger partial charge on any atom is 0.323 e. The van der Waals surface area contributed by atoms with Crippen LogP contribution >= 0.6 is 0 Å². The molecule has 0 spiro atoms. The molecule has 1 aliphatic rings. The molecule has 0 aromatic carbocycles. The fraction of sp³-hybridized carbons (Fsp3) is 0.929. The molecular weight excluding hydrogens is 214 g/mol. The summed E-state index contributed by atoms with van der Waals surface area (Å²) in [6.07, 6.45) is 5.57. The molecule has 17 heavy (non-hydrogen) atoms. The van der Waals surface area contributed by atoms with Gasteiger partial charge in [-0.2, -0.15) is 0 Å². The normalized spacial score (nSPS) is 23.0. The number of nitrogens with zero attached hydrogens (tertiary/aromatic N) is 1. The van der Waals surface area contributed by atoms with Gasteiger partial charge in [0.15, 0.2) is 0 Å². The van der Waals surface area contributed by atoms with Crippen molar-refractivity contribution in [3.8, 4) is 0 Å². The van der Waals surface area contributed by atoms with Crippen LogP contribution in [-0.4, -0.2) is 35.6 Å². The minimum atomic E-state index is -0.0212. The highest BCUT2D eigenvalue weighted by Crippen LogP contribution is 2.25. The van der Waals surface area contributed by atoms with Crippen molar-refractivity contribution >= 4 is 5.97 Å². The predicted octanol–water partition coefficient (Wildman–Crippen LogP) is 2.98. The lowest BCUT2D eigenvalue weighted by Crippen LogP contribution is -2.44. The third kappa shape index (κ3) is 3.98. The van der Waals surface area contributed by atoms with Crippen LogP contribution in [0, 0.1) is 0 Å². The highest BCUT2D eigenvalue weighted by molar-refractivity contribution is 5.76. The van der Waals surface area contributed by atoms with Crippen molar-refractivity contribution in [2.45, 2.75) is 78.0 Å². The molecule has 1 saturated heterocycles. The number of carbonyl (C=O) groups is 1. The average Bonchev–Trinajstić information content (AvgIpc) is 2.73. The summed E-state index contributed by atoms with van der Waals surface area (Å²) >= 11 is 0. The van der Waals surface area contributed by atoms with E-state index in [4.69, 9.17) is 4.74 Å². The van der Waals surface area contributed by atoms with Gasteiger partial charge in [-0.3, -0.25) is 9.69 Å². The molecule has 100 valence electrons. The van der Waals surface area contributed by atoms with Gasteiger partial charge < -0.3 is 4.74 Å². The minimum absolute atomic E-state index is 0.00352. The van der Waals surface area contributed by atoms with Crippen molar-refractivity contribution in [2.24, 2.45) is 0 Å². The highest BCUT2D eigenvalue weighted by atomic mass is 16.5. The Morgan fingerprint density at radius 1 is 1.41 bits per heavy atom. The molecule has 0 aromatic rings. The summed E-state index contributed by atoms with van der Waals surface area (Å²) < 4.78 is 5.36. The zero-order chi connectivity index (χ0) is 12.8. The Morgan fingerprint density at radius 2 is 2.12 bits per heavy atom. The van der Waals surface area contributed by atoms with E-state index in [2.05, 4.69) is 18.7 Å². The van der Waals surface area contributed by atoms with Crippen molar-refractivity contribution in [3.05, 3.63) is 0 Å². The number of carbonyl (C=O) groups excluding carboxylic acids is 1. The molecule has 2 atom stereocenters. The number of ether oxygens (including phenoxy) is 1. The van der Waals surface area contributed by atoms with Crippen LogP contribution in [0.2, 0.25) is 0 Å². The molecule has 3 heteroatoms. The van der Waals surface area contributed by atoms with Crippen LogP contribution in [0.3, 0.4) is 0 Å². The maximum absolute atomic E-state index is 12.0. The van der Waals surface area contributed by atoms with Crippen LogP contribution in [0.4, 0.5) is 0 Å². The van der Waals surface area contributed by atoms with Crippen LogP contribution in [0.25, 0.3) is 0 Å². The summed E-state index contributed by atoms with van der Waals surface area (Å²) in [5.74, 6) is -0.0212. The Balaban J connectivity index is 2.61. The first-order chi connectivity index (χ1) is 8.10. The van der Waals surface area contributed by atoms with E-state index in [9.17, 15) is 4.79 Å². The standard InChI is InChI=1S/C14H27NO2/c1-5-8-12(6-2)15-10-7-9-13(15)14(16)17-11(3)4/h11-13H,5-10H2,1-4H3/t12?,13-/m0/s1. The van der Waals surface area contributed by atoms with Crippen LogP contribution in [0.5, 0.6) is 0 Å². The quantitative estimate of drug-likeness (QED) is 0.670. The van der Waals surface area contributed by atoms with E-state index in [1.54, 1.807) is 0 Å². The van der Waals surface area contributed by atoms with Crippen molar-refractivity contribution in [1.82, 2.24) is 4.90 Å². The minimum Gasteiger partial charge on any atom is -0.462 e. The Hall–Kier alpha value is -0.570. The maximum atomic E-state index is 12.0. The largest absolute Gasteiger partial charge is 0.462 e. The summed E-state index contributed by atoms with van der Waals surface area (Å²) in [6, 6.07) is 0.557. The van der Waals surface area contributed by atoms with Crippen molar-refractivity contribution in [2.75, 3.05) is 6.54 Å². The van der Waals surface area contributed by atoms with Gasteiger partial charge in [0, 0.05) is 6.04 Å². The molecule has 3 nitrogen and oxygen atoms in total. The third-order valence-electron chi connectivity index (χ3n) is 3.48. The molecule has 1 aliphatic heterocycles.